The molecule has 0 saturated carbocycles. The normalized spacial score (nSPS) is 15.8. The summed E-state index contributed by atoms with van der Waals surface area (Å²) in [5.74, 6) is -2.77. The molecule has 1 atom stereocenters. The van der Waals surface area contributed by atoms with Crippen LogP contribution in [0.5, 0.6) is 0 Å². The highest BCUT2D eigenvalue weighted by molar-refractivity contribution is 7.89. The highest BCUT2D eigenvalue weighted by Gasteiger charge is 2.32. The van der Waals surface area contributed by atoms with Gasteiger partial charge >= 0.3 is 0 Å². The van der Waals surface area contributed by atoms with E-state index < -0.39 is 32.6 Å². The van der Waals surface area contributed by atoms with Crippen LogP contribution in [0.15, 0.2) is 53.4 Å². The van der Waals surface area contributed by atoms with Gasteiger partial charge in [-0.3, -0.25) is 4.79 Å². The Kier molecular flexibility index (Phi) is 5.33. The van der Waals surface area contributed by atoms with Crippen molar-refractivity contribution in [1.29, 1.82) is 0 Å². The molecule has 0 radical (unpaired) electrons. The number of rotatable bonds is 5. The summed E-state index contributed by atoms with van der Waals surface area (Å²) in [6, 6.07) is 9.61. The molecule has 0 bridgehead atoms. The highest BCUT2D eigenvalue weighted by atomic mass is 32.2. The van der Waals surface area contributed by atoms with Crippen molar-refractivity contribution < 1.29 is 22.0 Å². The van der Waals surface area contributed by atoms with Crippen molar-refractivity contribution in [2.24, 2.45) is 0 Å². The van der Waals surface area contributed by atoms with E-state index in [9.17, 15) is 22.0 Å². The molecule has 0 aliphatic carbocycles. The third kappa shape index (κ3) is 3.91. The van der Waals surface area contributed by atoms with Crippen LogP contribution >= 0.6 is 0 Å². The van der Waals surface area contributed by atoms with Crippen molar-refractivity contribution in [3.8, 4) is 0 Å². The molecule has 0 unspecified atom stereocenters. The molecular weight excluding hydrogens is 362 g/mol. The Morgan fingerprint density at radius 2 is 1.65 bits per heavy atom. The summed E-state index contributed by atoms with van der Waals surface area (Å²) in [5, 5.41) is 0. The van der Waals surface area contributed by atoms with Crippen molar-refractivity contribution in [2.45, 2.75) is 23.8 Å². The minimum absolute atomic E-state index is 0.361. The maximum Gasteiger partial charge on any atom is 0.245 e. The molecule has 0 spiro atoms. The number of nitrogens with one attached hydrogen (secondary N) is 1. The zero-order chi connectivity index (χ0) is 18.7. The molecule has 1 heterocycles. The number of nitrogens with zero attached hydrogens (tertiary/aromatic N) is 1. The summed E-state index contributed by atoms with van der Waals surface area (Å²) in [7, 11) is -4.23. The Hall–Kier alpha value is -2.32. The lowest BCUT2D eigenvalue weighted by Gasteiger charge is -2.24. The van der Waals surface area contributed by atoms with Crippen LogP contribution < -0.4 is 4.72 Å². The molecule has 1 aliphatic rings. The third-order valence-corrected chi connectivity index (χ3v) is 5.69. The molecule has 3 rings (SSSR count). The van der Waals surface area contributed by atoms with Gasteiger partial charge in [-0.1, -0.05) is 30.3 Å². The number of amides is 1. The Bertz CT molecular complexity index is 898. The Morgan fingerprint density at radius 1 is 1.00 bits per heavy atom. The number of carbonyl (C=O) groups is 1. The molecule has 1 amide bonds. The maximum absolute atomic E-state index is 13.4. The topological polar surface area (TPSA) is 66.5 Å². The second-order valence-corrected chi connectivity index (χ2v) is 7.79. The van der Waals surface area contributed by atoms with Crippen molar-refractivity contribution in [3.63, 3.8) is 0 Å². The smallest absolute Gasteiger partial charge is 0.245 e. The summed E-state index contributed by atoms with van der Waals surface area (Å²) in [6.45, 7) is 1.13. The van der Waals surface area contributed by atoms with Crippen LogP contribution in [0.4, 0.5) is 8.78 Å². The monoisotopic (exact) mass is 380 g/mol. The van der Waals surface area contributed by atoms with Crippen molar-refractivity contribution in [2.75, 3.05) is 13.1 Å². The first-order valence-corrected chi connectivity index (χ1v) is 9.68. The molecule has 0 aromatic heterocycles. The van der Waals surface area contributed by atoms with Gasteiger partial charge in [-0.25, -0.2) is 17.2 Å². The van der Waals surface area contributed by atoms with Crippen LogP contribution in [0.2, 0.25) is 0 Å². The van der Waals surface area contributed by atoms with Gasteiger partial charge < -0.3 is 4.90 Å². The molecule has 1 aliphatic heterocycles. The quantitative estimate of drug-likeness (QED) is 0.867. The van der Waals surface area contributed by atoms with Gasteiger partial charge in [-0.2, -0.15) is 4.72 Å². The van der Waals surface area contributed by atoms with Gasteiger partial charge in [0.05, 0.1) is 4.90 Å². The van der Waals surface area contributed by atoms with Crippen LogP contribution in [0.1, 0.15) is 24.4 Å². The minimum atomic E-state index is -4.23. The van der Waals surface area contributed by atoms with Gasteiger partial charge in [0.1, 0.15) is 6.04 Å². The number of hydrogen-bond donors (Lipinski definition) is 1. The molecule has 1 fully saturated rings. The first-order chi connectivity index (χ1) is 12.4. The minimum Gasteiger partial charge on any atom is -0.341 e. The van der Waals surface area contributed by atoms with E-state index >= 15 is 0 Å². The van der Waals surface area contributed by atoms with Crippen LogP contribution in [-0.2, 0) is 14.8 Å². The van der Waals surface area contributed by atoms with E-state index in [1.165, 1.54) is 0 Å². The van der Waals surface area contributed by atoms with E-state index in [0.717, 1.165) is 25.0 Å². The number of benzene rings is 2. The Labute approximate surface area is 150 Å². The summed E-state index contributed by atoms with van der Waals surface area (Å²) < 4.78 is 54.1. The molecular formula is C18H18F2N2O3S. The number of hydrogen-bond acceptors (Lipinski definition) is 3. The summed E-state index contributed by atoms with van der Waals surface area (Å²) in [4.78, 5) is 14.0. The number of halogens is 2. The molecule has 8 heteroatoms. The van der Waals surface area contributed by atoms with Crippen LogP contribution in [0, 0.1) is 11.6 Å². The van der Waals surface area contributed by atoms with E-state index in [1.807, 2.05) is 0 Å². The average Bonchev–Trinajstić information content (AvgIpc) is 3.17. The second-order valence-electron chi connectivity index (χ2n) is 6.07. The Morgan fingerprint density at radius 3 is 2.27 bits per heavy atom. The first kappa shape index (κ1) is 18.5. The van der Waals surface area contributed by atoms with Crippen molar-refractivity contribution >= 4 is 15.9 Å². The summed E-state index contributed by atoms with van der Waals surface area (Å²) in [5.41, 5.74) is 0.482. The fraction of sp³-hybridized carbons (Fsp3) is 0.278. The second kappa shape index (κ2) is 7.51. The van der Waals surface area contributed by atoms with Crippen molar-refractivity contribution in [1.82, 2.24) is 9.62 Å². The lowest BCUT2D eigenvalue weighted by Crippen LogP contribution is -2.41. The average molecular weight is 380 g/mol. The summed E-state index contributed by atoms with van der Waals surface area (Å²) in [6.07, 6.45) is 1.73. The molecule has 2 aromatic rings. The molecule has 5 nitrogen and oxygen atoms in total. The van der Waals surface area contributed by atoms with Gasteiger partial charge in [-0.05, 0) is 36.6 Å². The van der Waals surface area contributed by atoms with E-state index in [0.29, 0.717) is 24.7 Å². The molecule has 138 valence electrons. The molecule has 26 heavy (non-hydrogen) atoms. The van der Waals surface area contributed by atoms with Crippen LogP contribution in [-0.4, -0.2) is 32.3 Å². The lowest BCUT2D eigenvalue weighted by molar-refractivity contribution is -0.132. The van der Waals surface area contributed by atoms with Crippen LogP contribution in [0.25, 0.3) is 0 Å². The standard InChI is InChI=1S/C18H18F2N2O3S/c19-15-9-8-14(12-16(15)20)26(24,25)21-17(13-6-2-1-3-7-13)18(23)22-10-4-5-11-22/h1-3,6-9,12,17,21H,4-5,10-11H2/t17-/m0/s1. The Balaban J connectivity index is 1.94. The van der Waals surface area contributed by atoms with E-state index in [-0.39, 0.29) is 5.91 Å². The number of carbonyl (C=O) groups excluding carboxylic acids is 1. The van der Waals surface area contributed by atoms with Crippen molar-refractivity contribution in [3.05, 3.63) is 65.7 Å². The number of sulfonamides is 1. The van der Waals surface area contributed by atoms with Gasteiger partial charge in [0.25, 0.3) is 0 Å². The molecule has 1 saturated heterocycles. The number of likely N-dealkylation sites (tertiary alicyclic amines) is 1. The lowest BCUT2D eigenvalue weighted by atomic mass is 10.1. The molecule has 2 aromatic carbocycles. The van der Waals surface area contributed by atoms with E-state index in [4.69, 9.17) is 0 Å². The largest absolute Gasteiger partial charge is 0.341 e. The fourth-order valence-corrected chi connectivity index (χ4v) is 4.08. The van der Waals surface area contributed by atoms with Gasteiger partial charge in [0.15, 0.2) is 11.6 Å². The zero-order valence-electron chi connectivity index (χ0n) is 13.9. The van der Waals surface area contributed by atoms with Crippen LogP contribution in [0.3, 0.4) is 0 Å². The van der Waals surface area contributed by atoms with E-state index in [2.05, 4.69) is 4.72 Å². The zero-order valence-corrected chi connectivity index (χ0v) is 14.7. The first-order valence-electron chi connectivity index (χ1n) is 8.19. The summed E-state index contributed by atoms with van der Waals surface area (Å²) >= 11 is 0. The predicted molar refractivity (Wildman–Crippen MR) is 91.7 cm³/mol. The SMILES string of the molecule is O=C([C@@H](NS(=O)(=O)c1ccc(F)c(F)c1)c1ccccc1)N1CCCC1. The maximum atomic E-state index is 13.4. The fourth-order valence-electron chi connectivity index (χ4n) is 2.89. The third-order valence-electron chi connectivity index (χ3n) is 4.27. The highest BCUT2D eigenvalue weighted by Crippen LogP contribution is 2.22. The van der Waals surface area contributed by atoms with E-state index in [1.54, 1.807) is 35.2 Å². The van der Waals surface area contributed by atoms with Gasteiger partial charge in [0.2, 0.25) is 15.9 Å². The van der Waals surface area contributed by atoms with Gasteiger partial charge in [-0.15, -0.1) is 0 Å². The predicted octanol–water partition coefficient (Wildman–Crippen LogP) is 2.61. The molecule has 1 N–H and O–H groups in total. The van der Waals surface area contributed by atoms with Gasteiger partial charge in [0, 0.05) is 13.1 Å².